The van der Waals surface area contributed by atoms with E-state index in [0.717, 1.165) is 18.7 Å². The third kappa shape index (κ3) is 3.94. The van der Waals surface area contributed by atoms with Crippen molar-refractivity contribution < 1.29 is 4.74 Å². The number of nitrogens with zero attached hydrogens (tertiary/aromatic N) is 1. The summed E-state index contributed by atoms with van der Waals surface area (Å²) < 4.78 is 5.60. The van der Waals surface area contributed by atoms with E-state index >= 15 is 0 Å². The average Bonchev–Trinajstić information content (AvgIpc) is 2.29. The molecule has 0 spiro atoms. The first-order valence-corrected chi connectivity index (χ1v) is 7.41. The van der Waals surface area contributed by atoms with Crippen molar-refractivity contribution in [1.29, 1.82) is 0 Å². The van der Waals surface area contributed by atoms with Crippen molar-refractivity contribution in [2.45, 2.75) is 64.1 Å². The molecule has 0 unspecified atom stereocenters. The van der Waals surface area contributed by atoms with Crippen molar-refractivity contribution in [3.05, 3.63) is 0 Å². The molecule has 2 rings (SSSR count). The van der Waals surface area contributed by atoms with E-state index in [1.54, 1.807) is 0 Å². The van der Waals surface area contributed by atoms with Gasteiger partial charge in [-0.25, -0.2) is 0 Å². The second kappa shape index (κ2) is 6.72. The van der Waals surface area contributed by atoms with Crippen molar-refractivity contribution in [3.63, 3.8) is 0 Å². The van der Waals surface area contributed by atoms with Crippen molar-refractivity contribution in [2.24, 2.45) is 0 Å². The number of hydrogen-bond acceptors (Lipinski definition) is 3. The molecule has 0 atom stereocenters. The van der Waals surface area contributed by atoms with Gasteiger partial charge in [0, 0.05) is 18.7 Å². The summed E-state index contributed by atoms with van der Waals surface area (Å²) in [5.74, 6) is 0. The van der Waals surface area contributed by atoms with E-state index in [2.05, 4.69) is 24.1 Å². The minimum Gasteiger partial charge on any atom is -0.378 e. The van der Waals surface area contributed by atoms with Crippen LogP contribution >= 0.6 is 0 Å². The number of hydrogen-bond donors (Lipinski definition) is 1. The van der Waals surface area contributed by atoms with Crippen LogP contribution in [-0.2, 0) is 4.74 Å². The molecule has 2 fully saturated rings. The van der Waals surface area contributed by atoms with Crippen LogP contribution in [0, 0.1) is 0 Å². The van der Waals surface area contributed by atoms with Crippen LogP contribution in [0.1, 0.15) is 46.0 Å². The summed E-state index contributed by atoms with van der Waals surface area (Å²) in [7, 11) is 0. The third-order valence-corrected chi connectivity index (χ3v) is 4.10. The number of nitrogens with one attached hydrogen (secondary N) is 1. The smallest absolute Gasteiger partial charge is 0.0604 e. The molecule has 1 aliphatic heterocycles. The van der Waals surface area contributed by atoms with Crippen molar-refractivity contribution in [3.8, 4) is 0 Å². The van der Waals surface area contributed by atoms with E-state index in [1.807, 2.05) is 0 Å². The summed E-state index contributed by atoms with van der Waals surface area (Å²) in [5, 5.41) is 3.80. The Morgan fingerprint density at radius 2 is 1.82 bits per heavy atom. The molecule has 1 saturated carbocycles. The summed E-state index contributed by atoms with van der Waals surface area (Å²) >= 11 is 0. The normalized spacial score (nSPS) is 31.4. The van der Waals surface area contributed by atoms with Gasteiger partial charge in [0.15, 0.2) is 0 Å². The maximum atomic E-state index is 5.60. The Morgan fingerprint density at radius 1 is 1.12 bits per heavy atom. The fourth-order valence-corrected chi connectivity index (χ4v) is 3.05. The van der Waals surface area contributed by atoms with Crippen LogP contribution in [0.2, 0.25) is 0 Å². The quantitative estimate of drug-likeness (QED) is 0.769. The fourth-order valence-electron chi connectivity index (χ4n) is 3.05. The van der Waals surface area contributed by atoms with E-state index in [4.69, 9.17) is 4.74 Å². The van der Waals surface area contributed by atoms with Gasteiger partial charge in [0.1, 0.15) is 0 Å². The average molecular weight is 240 g/mol. The van der Waals surface area contributed by atoms with E-state index < -0.39 is 0 Å². The van der Waals surface area contributed by atoms with Gasteiger partial charge in [-0.3, -0.25) is 0 Å². The molecule has 1 heterocycles. The van der Waals surface area contributed by atoms with Crippen LogP contribution in [0.15, 0.2) is 0 Å². The summed E-state index contributed by atoms with van der Waals surface area (Å²) in [6.07, 6.45) is 6.94. The Morgan fingerprint density at radius 3 is 2.41 bits per heavy atom. The lowest BCUT2D eigenvalue weighted by molar-refractivity contribution is -0.0142. The highest BCUT2D eigenvalue weighted by Crippen LogP contribution is 2.25. The van der Waals surface area contributed by atoms with Crippen LogP contribution in [-0.4, -0.2) is 49.3 Å². The lowest BCUT2D eigenvalue weighted by Crippen LogP contribution is -2.52. The van der Waals surface area contributed by atoms with E-state index in [1.165, 1.54) is 51.7 Å². The molecule has 0 bridgehead atoms. The number of rotatable bonds is 6. The molecule has 0 amide bonds. The topological polar surface area (TPSA) is 24.5 Å². The van der Waals surface area contributed by atoms with Gasteiger partial charge >= 0.3 is 0 Å². The van der Waals surface area contributed by atoms with Gasteiger partial charge in [-0.1, -0.05) is 6.92 Å². The van der Waals surface area contributed by atoms with Gasteiger partial charge in [-0.2, -0.15) is 0 Å². The maximum absolute atomic E-state index is 5.60. The zero-order valence-corrected chi connectivity index (χ0v) is 11.5. The van der Waals surface area contributed by atoms with Crippen LogP contribution in [0.5, 0.6) is 0 Å². The van der Waals surface area contributed by atoms with E-state index in [-0.39, 0.29) is 0 Å². The van der Waals surface area contributed by atoms with Crippen molar-refractivity contribution in [1.82, 2.24) is 10.2 Å². The molecule has 1 N–H and O–H groups in total. The number of likely N-dealkylation sites (tertiary alicyclic amines) is 1. The maximum Gasteiger partial charge on any atom is 0.0604 e. The van der Waals surface area contributed by atoms with Crippen molar-refractivity contribution in [2.75, 3.05) is 26.2 Å². The highest BCUT2D eigenvalue weighted by atomic mass is 16.5. The van der Waals surface area contributed by atoms with Crippen LogP contribution in [0.3, 0.4) is 0 Å². The van der Waals surface area contributed by atoms with Crippen molar-refractivity contribution >= 4 is 0 Å². The monoisotopic (exact) mass is 240 g/mol. The minimum atomic E-state index is 0.540. The highest BCUT2D eigenvalue weighted by Gasteiger charge is 2.31. The molecular weight excluding hydrogens is 212 g/mol. The zero-order chi connectivity index (χ0) is 12.1. The van der Waals surface area contributed by atoms with E-state index in [9.17, 15) is 0 Å². The lowest BCUT2D eigenvalue weighted by Gasteiger charge is -2.40. The van der Waals surface area contributed by atoms with Gasteiger partial charge in [-0.15, -0.1) is 0 Å². The predicted octanol–water partition coefficient (Wildman–Crippen LogP) is 2.02. The SMILES string of the molecule is CCCN1CCC(NC2CC(OCC)C2)CC1. The molecule has 0 aromatic carbocycles. The summed E-state index contributed by atoms with van der Waals surface area (Å²) in [6.45, 7) is 9.08. The molecule has 0 aromatic rings. The minimum absolute atomic E-state index is 0.540. The van der Waals surface area contributed by atoms with Gasteiger partial charge in [-0.05, 0) is 58.7 Å². The lowest BCUT2D eigenvalue weighted by atomic mass is 9.87. The first-order valence-electron chi connectivity index (χ1n) is 7.41. The Kier molecular flexibility index (Phi) is 5.26. The molecule has 1 aliphatic carbocycles. The predicted molar refractivity (Wildman–Crippen MR) is 71.3 cm³/mol. The summed E-state index contributed by atoms with van der Waals surface area (Å²) in [4.78, 5) is 2.60. The fraction of sp³-hybridized carbons (Fsp3) is 1.00. The number of piperidine rings is 1. The first-order chi connectivity index (χ1) is 8.31. The third-order valence-electron chi connectivity index (χ3n) is 4.10. The van der Waals surface area contributed by atoms with Crippen LogP contribution in [0.4, 0.5) is 0 Å². The molecular formula is C14H28N2O. The standard InChI is InChI=1S/C14H28N2O/c1-3-7-16-8-5-12(6-9-16)15-13-10-14(11-13)17-4-2/h12-15H,3-11H2,1-2H3. The Hall–Kier alpha value is -0.120. The zero-order valence-electron chi connectivity index (χ0n) is 11.5. The van der Waals surface area contributed by atoms with Crippen LogP contribution < -0.4 is 5.32 Å². The molecule has 1 saturated heterocycles. The largest absolute Gasteiger partial charge is 0.378 e. The van der Waals surface area contributed by atoms with Gasteiger partial charge in [0.25, 0.3) is 0 Å². The van der Waals surface area contributed by atoms with Crippen LogP contribution in [0.25, 0.3) is 0 Å². The van der Waals surface area contributed by atoms with E-state index in [0.29, 0.717) is 6.10 Å². The first kappa shape index (κ1) is 13.3. The summed E-state index contributed by atoms with van der Waals surface area (Å²) in [6, 6.07) is 1.49. The Balaban J connectivity index is 1.57. The van der Waals surface area contributed by atoms with Gasteiger partial charge in [0.05, 0.1) is 6.10 Å². The molecule has 0 radical (unpaired) electrons. The molecule has 0 aromatic heterocycles. The summed E-state index contributed by atoms with van der Waals surface area (Å²) in [5.41, 5.74) is 0. The molecule has 100 valence electrons. The Labute approximate surface area is 106 Å². The Bertz CT molecular complexity index is 208. The van der Waals surface area contributed by atoms with Gasteiger partial charge in [0.2, 0.25) is 0 Å². The van der Waals surface area contributed by atoms with Gasteiger partial charge < -0.3 is 15.0 Å². The number of ether oxygens (including phenoxy) is 1. The highest BCUT2D eigenvalue weighted by molar-refractivity contribution is 4.89. The second-order valence-electron chi connectivity index (χ2n) is 5.53. The molecule has 2 aliphatic rings. The second-order valence-corrected chi connectivity index (χ2v) is 5.53. The molecule has 3 nitrogen and oxygen atoms in total. The molecule has 17 heavy (non-hydrogen) atoms. The molecule has 3 heteroatoms.